The van der Waals surface area contributed by atoms with Crippen molar-refractivity contribution in [3.63, 3.8) is 0 Å². The number of hydrogen-bond donors (Lipinski definition) is 2. The van der Waals surface area contributed by atoms with Crippen molar-refractivity contribution in [3.05, 3.63) is 48.0 Å². The molecule has 0 aromatic heterocycles. The second kappa shape index (κ2) is 4.09. The molecule has 3 heteroatoms. The summed E-state index contributed by atoms with van der Waals surface area (Å²) >= 11 is 1.76. The van der Waals surface area contributed by atoms with Gasteiger partial charge in [0.15, 0.2) is 0 Å². The van der Waals surface area contributed by atoms with E-state index < -0.39 is 6.10 Å². The van der Waals surface area contributed by atoms with E-state index in [4.69, 9.17) is 0 Å². The second-order valence-electron chi connectivity index (χ2n) is 4.15. The minimum absolute atomic E-state index is 0.427. The van der Waals surface area contributed by atoms with E-state index in [0.29, 0.717) is 0 Å². The van der Waals surface area contributed by atoms with E-state index in [1.165, 1.54) is 9.79 Å². The molecule has 1 aliphatic heterocycles. The Balaban J connectivity index is 2.03. The first-order chi connectivity index (χ1) is 8.24. The Morgan fingerprint density at radius 2 is 1.82 bits per heavy atom. The lowest BCUT2D eigenvalue weighted by Gasteiger charge is -2.21. The molecule has 0 aliphatic carbocycles. The lowest BCUT2D eigenvalue weighted by molar-refractivity contribution is 0.199. The van der Waals surface area contributed by atoms with Gasteiger partial charge in [0.2, 0.25) is 0 Å². The van der Waals surface area contributed by atoms with Crippen molar-refractivity contribution in [3.8, 4) is 0 Å². The molecule has 2 aromatic rings. The van der Waals surface area contributed by atoms with E-state index in [-0.39, 0.29) is 0 Å². The molecule has 0 amide bonds. The lowest BCUT2D eigenvalue weighted by atomic mass is 10.1. The van der Waals surface area contributed by atoms with Crippen LogP contribution in [0.5, 0.6) is 0 Å². The van der Waals surface area contributed by atoms with Crippen LogP contribution in [0.2, 0.25) is 0 Å². The Hall–Kier alpha value is -1.45. The quantitative estimate of drug-likeness (QED) is 0.678. The fourth-order valence-corrected chi connectivity index (χ4v) is 2.89. The molecule has 2 nitrogen and oxygen atoms in total. The molecule has 86 valence electrons. The highest BCUT2D eigenvalue weighted by Gasteiger charge is 2.15. The van der Waals surface area contributed by atoms with E-state index in [9.17, 15) is 5.11 Å². The number of nitrogens with one attached hydrogen (secondary N) is 1. The van der Waals surface area contributed by atoms with Crippen LogP contribution in [0.15, 0.2) is 52.3 Å². The molecule has 3 rings (SSSR count). The van der Waals surface area contributed by atoms with E-state index in [2.05, 4.69) is 23.5 Å². The van der Waals surface area contributed by atoms with Gasteiger partial charge in [0.25, 0.3) is 0 Å². The van der Waals surface area contributed by atoms with Crippen molar-refractivity contribution in [2.24, 2.45) is 0 Å². The number of benzene rings is 2. The summed E-state index contributed by atoms with van der Waals surface area (Å²) in [6, 6.07) is 14.3. The zero-order chi connectivity index (χ0) is 11.8. The number of fused-ring (bicyclic) bond motifs is 2. The third-order valence-corrected chi connectivity index (χ3v) is 4.01. The monoisotopic (exact) mass is 243 g/mol. The Morgan fingerprint density at radius 3 is 2.65 bits per heavy atom. The molecule has 0 saturated heterocycles. The smallest absolute Gasteiger partial charge is 0.0762 e. The average molecular weight is 243 g/mol. The van der Waals surface area contributed by atoms with E-state index in [1.54, 1.807) is 18.7 Å². The molecular formula is C14H13NOS. The van der Waals surface area contributed by atoms with Crippen LogP contribution in [-0.2, 0) is 0 Å². The lowest BCUT2D eigenvalue weighted by Crippen LogP contribution is -2.01. The highest BCUT2D eigenvalue weighted by atomic mass is 32.2. The van der Waals surface area contributed by atoms with Crippen LogP contribution in [0, 0.1) is 0 Å². The molecule has 1 atom stereocenters. The standard InChI is InChI=1S/C14H13NOS/c1-9(16)10-6-7-14-12(8-10)15-11-4-2-3-5-13(11)17-14/h2-9,15-16H,1H3/t9-/m1/s1. The van der Waals surface area contributed by atoms with Crippen molar-refractivity contribution in [1.29, 1.82) is 0 Å². The summed E-state index contributed by atoms with van der Waals surface area (Å²) in [6.07, 6.45) is -0.427. The minimum Gasteiger partial charge on any atom is -0.389 e. The van der Waals surface area contributed by atoms with Gasteiger partial charge in [-0.3, -0.25) is 0 Å². The van der Waals surface area contributed by atoms with Gasteiger partial charge in [-0.25, -0.2) is 0 Å². The van der Waals surface area contributed by atoms with Crippen LogP contribution >= 0.6 is 11.8 Å². The predicted octanol–water partition coefficient (Wildman–Crippen LogP) is 3.95. The van der Waals surface area contributed by atoms with Gasteiger partial charge >= 0.3 is 0 Å². The first-order valence-electron chi connectivity index (χ1n) is 5.60. The molecule has 0 bridgehead atoms. The van der Waals surface area contributed by atoms with Crippen LogP contribution in [0.3, 0.4) is 0 Å². The van der Waals surface area contributed by atoms with Crippen molar-refractivity contribution in [2.75, 3.05) is 5.32 Å². The summed E-state index contributed by atoms with van der Waals surface area (Å²) in [5.74, 6) is 0. The summed E-state index contributed by atoms with van der Waals surface area (Å²) in [4.78, 5) is 2.44. The van der Waals surface area contributed by atoms with Crippen molar-refractivity contribution < 1.29 is 5.11 Å². The third kappa shape index (κ3) is 1.92. The summed E-state index contributed by atoms with van der Waals surface area (Å²) in [5.41, 5.74) is 3.15. The van der Waals surface area contributed by atoms with Gasteiger partial charge in [-0.1, -0.05) is 30.0 Å². The minimum atomic E-state index is -0.427. The molecule has 0 unspecified atom stereocenters. The fraction of sp³-hybridized carbons (Fsp3) is 0.143. The van der Waals surface area contributed by atoms with E-state index in [0.717, 1.165) is 16.9 Å². The van der Waals surface area contributed by atoms with E-state index in [1.807, 2.05) is 24.3 Å². The highest BCUT2D eigenvalue weighted by Crippen LogP contribution is 2.44. The number of aliphatic hydroxyl groups excluding tert-OH is 1. The number of aliphatic hydroxyl groups is 1. The molecule has 0 spiro atoms. The maximum absolute atomic E-state index is 9.59. The maximum atomic E-state index is 9.59. The first kappa shape index (κ1) is 10.7. The van der Waals surface area contributed by atoms with Crippen LogP contribution in [-0.4, -0.2) is 5.11 Å². The maximum Gasteiger partial charge on any atom is 0.0762 e. The number of rotatable bonds is 1. The summed E-state index contributed by atoms with van der Waals surface area (Å²) < 4.78 is 0. The van der Waals surface area contributed by atoms with Gasteiger partial charge in [-0.05, 0) is 36.8 Å². The van der Waals surface area contributed by atoms with Gasteiger partial charge in [-0.15, -0.1) is 0 Å². The second-order valence-corrected chi connectivity index (χ2v) is 5.24. The van der Waals surface area contributed by atoms with Gasteiger partial charge in [-0.2, -0.15) is 0 Å². The van der Waals surface area contributed by atoms with E-state index >= 15 is 0 Å². The van der Waals surface area contributed by atoms with Crippen LogP contribution < -0.4 is 5.32 Å². The summed E-state index contributed by atoms with van der Waals surface area (Å²) in [5, 5.41) is 13.0. The van der Waals surface area contributed by atoms with Crippen molar-refractivity contribution in [1.82, 2.24) is 0 Å². The SMILES string of the molecule is C[C@@H](O)c1ccc2c(c1)Nc1ccccc1S2. The van der Waals surface area contributed by atoms with Gasteiger partial charge in [0.1, 0.15) is 0 Å². The zero-order valence-electron chi connectivity index (χ0n) is 9.47. The molecule has 1 aliphatic rings. The first-order valence-corrected chi connectivity index (χ1v) is 6.41. The summed E-state index contributed by atoms with van der Waals surface area (Å²) in [6.45, 7) is 1.78. The average Bonchev–Trinajstić information content (AvgIpc) is 2.35. The fourth-order valence-electron chi connectivity index (χ4n) is 1.92. The van der Waals surface area contributed by atoms with Gasteiger partial charge < -0.3 is 10.4 Å². The van der Waals surface area contributed by atoms with Crippen LogP contribution in [0.25, 0.3) is 0 Å². The zero-order valence-corrected chi connectivity index (χ0v) is 10.3. The Bertz CT molecular complexity index is 566. The molecule has 2 aromatic carbocycles. The Morgan fingerprint density at radius 1 is 1.06 bits per heavy atom. The normalized spacial score (nSPS) is 14.5. The molecule has 2 N–H and O–H groups in total. The van der Waals surface area contributed by atoms with Crippen molar-refractivity contribution in [2.45, 2.75) is 22.8 Å². The topological polar surface area (TPSA) is 32.3 Å². The number of anilines is 2. The highest BCUT2D eigenvalue weighted by molar-refractivity contribution is 7.99. The van der Waals surface area contributed by atoms with Crippen LogP contribution in [0.1, 0.15) is 18.6 Å². The molecule has 17 heavy (non-hydrogen) atoms. The Kier molecular flexibility index (Phi) is 2.57. The van der Waals surface area contributed by atoms with Gasteiger partial charge in [0, 0.05) is 9.79 Å². The summed E-state index contributed by atoms with van der Waals surface area (Å²) in [7, 11) is 0. The van der Waals surface area contributed by atoms with Crippen LogP contribution in [0.4, 0.5) is 11.4 Å². The third-order valence-electron chi connectivity index (χ3n) is 2.86. The number of para-hydroxylation sites is 1. The van der Waals surface area contributed by atoms with Crippen molar-refractivity contribution >= 4 is 23.1 Å². The van der Waals surface area contributed by atoms with Gasteiger partial charge in [0.05, 0.1) is 17.5 Å². The molecular weight excluding hydrogens is 230 g/mol. The predicted molar refractivity (Wildman–Crippen MR) is 70.9 cm³/mol. The molecule has 1 heterocycles. The number of hydrogen-bond acceptors (Lipinski definition) is 3. The Labute approximate surface area is 105 Å². The molecule has 0 saturated carbocycles. The molecule has 0 radical (unpaired) electrons. The molecule has 0 fully saturated rings. The largest absolute Gasteiger partial charge is 0.389 e.